The van der Waals surface area contributed by atoms with E-state index in [9.17, 15) is 9.90 Å². The molecule has 2 unspecified atom stereocenters. The van der Waals surface area contributed by atoms with E-state index in [1.807, 2.05) is 6.07 Å². The Hall–Kier alpha value is -1.39. The second kappa shape index (κ2) is 8.15. The average Bonchev–Trinajstić information content (AvgIpc) is 2.48. The summed E-state index contributed by atoms with van der Waals surface area (Å²) in [5.74, 6) is -0.548. The number of hydrogen-bond donors (Lipinski definition) is 2. The number of hydrogen-bond acceptors (Lipinski definition) is 3. The molecule has 0 amide bonds. The Morgan fingerprint density at radius 2 is 2.10 bits per heavy atom. The van der Waals surface area contributed by atoms with E-state index in [4.69, 9.17) is 4.74 Å². The lowest BCUT2D eigenvalue weighted by Crippen LogP contribution is -2.34. The van der Waals surface area contributed by atoms with Crippen molar-refractivity contribution >= 4 is 5.97 Å². The number of carbonyl (C=O) groups is 1. The second-order valence-corrected chi connectivity index (χ2v) is 5.87. The van der Waals surface area contributed by atoms with E-state index in [2.05, 4.69) is 23.5 Å². The molecule has 1 aliphatic rings. The molecular weight excluding hydrogens is 266 g/mol. The zero-order valence-corrected chi connectivity index (χ0v) is 12.7. The van der Waals surface area contributed by atoms with Gasteiger partial charge in [0.15, 0.2) is 0 Å². The first kappa shape index (κ1) is 16.0. The van der Waals surface area contributed by atoms with Crippen LogP contribution in [0, 0.1) is 11.8 Å². The van der Waals surface area contributed by atoms with Crippen molar-refractivity contribution in [2.24, 2.45) is 11.8 Å². The number of nitrogens with one attached hydrogen (secondary N) is 1. The summed E-state index contributed by atoms with van der Waals surface area (Å²) in [7, 11) is 1.69. The number of carboxylic acids is 1. The molecule has 4 heteroatoms. The molecule has 1 aromatic carbocycles. The van der Waals surface area contributed by atoms with Crippen molar-refractivity contribution in [3.63, 3.8) is 0 Å². The fraction of sp³-hybridized carbons (Fsp3) is 0.588. The minimum atomic E-state index is -0.636. The van der Waals surface area contributed by atoms with E-state index in [1.165, 1.54) is 5.56 Å². The predicted molar refractivity (Wildman–Crippen MR) is 81.9 cm³/mol. The number of ether oxygens (including phenoxy) is 1. The highest BCUT2D eigenvalue weighted by Gasteiger charge is 2.30. The molecule has 0 spiro atoms. The number of methoxy groups -OCH3 is 1. The number of benzene rings is 1. The first-order valence-corrected chi connectivity index (χ1v) is 7.71. The van der Waals surface area contributed by atoms with Crippen molar-refractivity contribution in [3.8, 4) is 0 Å². The maximum Gasteiger partial charge on any atom is 0.306 e. The lowest BCUT2D eigenvalue weighted by atomic mass is 9.79. The highest BCUT2D eigenvalue weighted by atomic mass is 16.5. The molecule has 0 radical (unpaired) electrons. The van der Waals surface area contributed by atoms with Crippen LogP contribution in [0.3, 0.4) is 0 Å². The van der Waals surface area contributed by atoms with Crippen LogP contribution in [0.4, 0.5) is 0 Å². The van der Waals surface area contributed by atoms with Gasteiger partial charge in [0, 0.05) is 13.7 Å². The topological polar surface area (TPSA) is 58.6 Å². The zero-order chi connectivity index (χ0) is 15.1. The minimum Gasteiger partial charge on any atom is -0.481 e. The van der Waals surface area contributed by atoms with Gasteiger partial charge < -0.3 is 15.2 Å². The quantitative estimate of drug-likeness (QED) is 0.811. The fourth-order valence-electron chi connectivity index (χ4n) is 3.18. The molecule has 21 heavy (non-hydrogen) atoms. The van der Waals surface area contributed by atoms with Crippen LogP contribution in [0.2, 0.25) is 0 Å². The Balaban J connectivity index is 1.82. The maximum atomic E-state index is 11.3. The summed E-state index contributed by atoms with van der Waals surface area (Å²) >= 11 is 0. The molecule has 1 aromatic rings. The summed E-state index contributed by atoms with van der Waals surface area (Å²) in [6.45, 7) is 2.18. The molecule has 4 nitrogen and oxygen atoms in total. The van der Waals surface area contributed by atoms with Crippen LogP contribution in [0.25, 0.3) is 0 Å². The highest BCUT2D eigenvalue weighted by molar-refractivity contribution is 5.70. The van der Waals surface area contributed by atoms with Crippen LogP contribution in [0.15, 0.2) is 24.3 Å². The van der Waals surface area contributed by atoms with Crippen LogP contribution >= 0.6 is 0 Å². The Labute approximate surface area is 126 Å². The Morgan fingerprint density at radius 3 is 2.86 bits per heavy atom. The van der Waals surface area contributed by atoms with Crippen molar-refractivity contribution < 1.29 is 14.6 Å². The Bertz CT molecular complexity index is 461. The lowest BCUT2D eigenvalue weighted by molar-refractivity contribution is -0.144. The summed E-state index contributed by atoms with van der Waals surface area (Å²) in [5, 5.41) is 12.7. The van der Waals surface area contributed by atoms with Crippen molar-refractivity contribution in [2.45, 2.75) is 38.8 Å². The summed E-state index contributed by atoms with van der Waals surface area (Å²) in [6.07, 6.45) is 4.05. The van der Waals surface area contributed by atoms with Gasteiger partial charge in [0.25, 0.3) is 0 Å². The molecule has 2 N–H and O–H groups in total. The summed E-state index contributed by atoms with van der Waals surface area (Å²) in [4.78, 5) is 11.3. The molecule has 0 heterocycles. The van der Waals surface area contributed by atoms with Crippen LogP contribution in [0.5, 0.6) is 0 Å². The standard InChI is InChI=1S/C17H25NO3/c1-21-12-14-6-4-5-13(9-14)10-18-11-15-7-2-3-8-16(15)17(19)20/h4-6,9,15-16,18H,2-3,7-8,10-12H2,1H3,(H,19,20). The van der Waals surface area contributed by atoms with E-state index < -0.39 is 5.97 Å². The number of aliphatic carboxylic acids is 1. The third-order valence-corrected chi connectivity index (χ3v) is 4.26. The van der Waals surface area contributed by atoms with Gasteiger partial charge >= 0.3 is 5.97 Å². The average molecular weight is 291 g/mol. The molecule has 1 fully saturated rings. The molecule has 1 saturated carbocycles. The van der Waals surface area contributed by atoms with Crippen molar-refractivity contribution in [1.82, 2.24) is 5.32 Å². The van der Waals surface area contributed by atoms with Gasteiger partial charge in [0.2, 0.25) is 0 Å². The largest absolute Gasteiger partial charge is 0.481 e. The van der Waals surface area contributed by atoms with Gasteiger partial charge in [0.1, 0.15) is 0 Å². The highest BCUT2D eigenvalue weighted by Crippen LogP contribution is 2.29. The molecule has 1 aliphatic carbocycles. The van der Waals surface area contributed by atoms with Gasteiger partial charge in [-0.3, -0.25) is 4.79 Å². The van der Waals surface area contributed by atoms with Crippen LogP contribution < -0.4 is 5.32 Å². The van der Waals surface area contributed by atoms with Crippen LogP contribution in [-0.4, -0.2) is 24.7 Å². The van der Waals surface area contributed by atoms with E-state index in [-0.39, 0.29) is 11.8 Å². The SMILES string of the molecule is COCc1cccc(CNCC2CCCCC2C(=O)O)c1. The summed E-state index contributed by atoms with van der Waals surface area (Å²) in [6, 6.07) is 8.30. The number of rotatable bonds is 7. The third-order valence-electron chi connectivity index (χ3n) is 4.26. The van der Waals surface area contributed by atoms with Crippen molar-refractivity contribution in [2.75, 3.05) is 13.7 Å². The molecule has 0 saturated heterocycles. The smallest absolute Gasteiger partial charge is 0.306 e. The summed E-state index contributed by atoms with van der Waals surface area (Å²) < 4.78 is 5.14. The monoisotopic (exact) mass is 291 g/mol. The molecule has 2 atom stereocenters. The molecule has 0 aromatic heterocycles. The van der Waals surface area contributed by atoms with E-state index in [1.54, 1.807) is 7.11 Å². The second-order valence-electron chi connectivity index (χ2n) is 5.87. The molecule has 116 valence electrons. The molecular formula is C17H25NO3. The third kappa shape index (κ3) is 4.83. The van der Waals surface area contributed by atoms with Crippen LogP contribution in [-0.2, 0) is 22.7 Å². The maximum absolute atomic E-state index is 11.3. The van der Waals surface area contributed by atoms with Crippen molar-refractivity contribution in [1.29, 1.82) is 0 Å². The predicted octanol–water partition coefficient (Wildman–Crippen LogP) is 2.81. The van der Waals surface area contributed by atoms with Gasteiger partial charge in [-0.15, -0.1) is 0 Å². The van der Waals surface area contributed by atoms with Crippen LogP contribution in [0.1, 0.15) is 36.8 Å². The normalized spacial score (nSPS) is 22.1. The Kier molecular flexibility index (Phi) is 6.21. The molecule has 0 bridgehead atoms. The van der Waals surface area contributed by atoms with Gasteiger partial charge in [-0.25, -0.2) is 0 Å². The summed E-state index contributed by atoms with van der Waals surface area (Å²) in [5.41, 5.74) is 2.38. The van der Waals surface area contributed by atoms with Gasteiger partial charge in [-0.05, 0) is 36.4 Å². The molecule has 2 rings (SSSR count). The van der Waals surface area contributed by atoms with Crippen molar-refractivity contribution in [3.05, 3.63) is 35.4 Å². The Morgan fingerprint density at radius 1 is 1.33 bits per heavy atom. The van der Waals surface area contributed by atoms with Gasteiger partial charge in [-0.2, -0.15) is 0 Å². The lowest BCUT2D eigenvalue weighted by Gasteiger charge is -2.28. The van der Waals surface area contributed by atoms with E-state index in [0.717, 1.165) is 44.3 Å². The fourth-order valence-corrected chi connectivity index (χ4v) is 3.18. The zero-order valence-electron chi connectivity index (χ0n) is 12.7. The molecule has 0 aliphatic heterocycles. The minimum absolute atomic E-state index is 0.175. The first-order valence-electron chi connectivity index (χ1n) is 7.71. The van der Waals surface area contributed by atoms with Gasteiger partial charge in [-0.1, -0.05) is 37.1 Å². The van der Waals surface area contributed by atoms with E-state index >= 15 is 0 Å². The van der Waals surface area contributed by atoms with Gasteiger partial charge in [0.05, 0.1) is 12.5 Å². The first-order chi connectivity index (χ1) is 10.2. The van der Waals surface area contributed by atoms with E-state index in [0.29, 0.717) is 6.61 Å². The number of carboxylic acid groups (broad SMARTS) is 1.